The summed E-state index contributed by atoms with van der Waals surface area (Å²) >= 11 is 6.70. The zero-order valence-electron chi connectivity index (χ0n) is 10.3. The van der Waals surface area contributed by atoms with Crippen molar-refractivity contribution in [2.75, 3.05) is 11.9 Å². The van der Waals surface area contributed by atoms with Crippen LogP contribution < -0.4 is 11.1 Å². The van der Waals surface area contributed by atoms with Gasteiger partial charge in [0.2, 0.25) is 5.91 Å². The van der Waals surface area contributed by atoms with Crippen LogP contribution in [0.5, 0.6) is 0 Å². The van der Waals surface area contributed by atoms with Gasteiger partial charge in [0.05, 0.1) is 5.69 Å². The molecule has 0 unspecified atom stereocenters. The Hall–Kier alpha value is -0.180. The van der Waals surface area contributed by atoms with Crippen LogP contribution in [0.1, 0.15) is 6.92 Å². The number of halogens is 3. The lowest BCUT2D eigenvalue weighted by Gasteiger charge is -2.08. The van der Waals surface area contributed by atoms with Crippen LogP contribution in [0.2, 0.25) is 0 Å². The first kappa shape index (κ1) is 19.8. The summed E-state index contributed by atoms with van der Waals surface area (Å²) in [7, 11) is 0. The van der Waals surface area contributed by atoms with E-state index in [1.165, 1.54) is 10.5 Å². The largest absolute Gasteiger partial charge is 0.458 e. The summed E-state index contributed by atoms with van der Waals surface area (Å²) in [5, 5.41) is 2.81. The SMILES string of the molecule is CC(=O)Nc1c(I)cc(I)cc1I.NC(=O)COC=O. The van der Waals surface area contributed by atoms with E-state index in [0.717, 1.165) is 12.8 Å². The third-order valence-corrected chi connectivity index (χ3v) is 3.93. The molecule has 20 heavy (non-hydrogen) atoms. The molecule has 110 valence electrons. The molecule has 0 spiro atoms. The highest BCUT2D eigenvalue weighted by Gasteiger charge is 2.07. The average Bonchev–Trinajstić information content (AvgIpc) is 2.31. The van der Waals surface area contributed by atoms with Crippen LogP contribution in [-0.2, 0) is 19.1 Å². The zero-order chi connectivity index (χ0) is 15.7. The van der Waals surface area contributed by atoms with Crippen molar-refractivity contribution in [3.05, 3.63) is 22.8 Å². The number of carbonyl (C=O) groups is 3. The van der Waals surface area contributed by atoms with Crippen molar-refractivity contribution in [2.45, 2.75) is 6.92 Å². The van der Waals surface area contributed by atoms with E-state index in [0.29, 0.717) is 0 Å². The van der Waals surface area contributed by atoms with Gasteiger partial charge in [-0.15, -0.1) is 0 Å². The molecule has 1 aromatic carbocycles. The van der Waals surface area contributed by atoms with Gasteiger partial charge in [-0.3, -0.25) is 14.4 Å². The number of carbonyl (C=O) groups excluding carboxylic acids is 3. The maximum absolute atomic E-state index is 10.9. The van der Waals surface area contributed by atoms with Crippen LogP contribution in [0.15, 0.2) is 12.1 Å². The molecule has 0 heterocycles. The first-order valence-electron chi connectivity index (χ1n) is 5.03. The number of nitrogens with two attached hydrogens (primary N) is 1. The predicted molar refractivity (Wildman–Crippen MR) is 100 cm³/mol. The van der Waals surface area contributed by atoms with Crippen molar-refractivity contribution in [3.8, 4) is 0 Å². The summed E-state index contributed by atoms with van der Waals surface area (Å²) in [4.78, 5) is 29.9. The maximum atomic E-state index is 10.9. The molecule has 0 aliphatic rings. The fourth-order valence-electron chi connectivity index (χ4n) is 0.954. The summed E-state index contributed by atoms with van der Waals surface area (Å²) in [5.41, 5.74) is 5.47. The highest BCUT2D eigenvalue weighted by Crippen LogP contribution is 2.27. The third-order valence-electron chi connectivity index (χ3n) is 1.60. The van der Waals surface area contributed by atoms with Crippen LogP contribution in [0.3, 0.4) is 0 Å². The van der Waals surface area contributed by atoms with Crippen molar-refractivity contribution in [2.24, 2.45) is 5.73 Å². The second-order valence-corrected chi connectivity index (χ2v) is 6.87. The smallest absolute Gasteiger partial charge is 0.293 e. The lowest BCUT2D eigenvalue weighted by Crippen LogP contribution is -2.17. The second-order valence-electron chi connectivity index (χ2n) is 3.30. The third kappa shape index (κ3) is 8.89. The molecule has 0 atom stereocenters. The normalized spacial score (nSPS) is 9.00. The van der Waals surface area contributed by atoms with Gasteiger partial charge in [-0.1, -0.05) is 0 Å². The van der Waals surface area contributed by atoms with Crippen LogP contribution in [-0.4, -0.2) is 24.9 Å². The molecule has 0 saturated carbocycles. The molecule has 0 aliphatic heterocycles. The summed E-state index contributed by atoms with van der Waals surface area (Å²) in [5.74, 6) is -0.677. The average molecular weight is 616 g/mol. The van der Waals surface area contributed by atoms with Gasteiger partial charge in [0.1, 0.15) is 0 Å². The molecule has 2 amide bonds. The van der Waals surface area contributed by atoms with Crippen LogP contribution >= 0.6 is 67.8 Å². The minimum atomic E-state index is -0.646. The monoisotopic (exact) mass is 616 g/mol. The second kappa shape index (κ2) is 10.5. The van der Waals surface area contributed by atoms with E-state index in [2.05, 4.69) is 83.6 Å². The predicted octanol–water partition coefficient (Wildman–Crippen LogP) is 2.10. The summed E-state index contributed by atoms with van der Waals surface area (Å²) in [6, 6.07) is 4.07. The summed E-state index contributed by atoms with van der Waals surface area (Å²) in [6.45, 7) is 1.36. The lowest BCUT2D eigenvalue weighted by molar-refractivity contribution is -0.135. The highest BCUT2D eigenvalue weighted by molar-refractivity contribution is 14.1. The Morgan fingerprint density at radius 3 is 2.10 bits per heavy atom. The van der Waals surface area contributed by atoms with Crippen molar-refractivity contribution in [1.29, 1.82) is 0 Å². The first-order valence-corrected chi connectivity index (χ1v) is 8.27. The van der Waals surface area contributed by atoms with Gasteiger partial charge in [-0.2, -0.15) is 0 Å². The van der Waals surface area contributed by atoms with E-state index >= 15 is 0 Å². The van der Waals surface area contributed by atoms with E-state index < -0.39 is 5.91 Å². The molecule has 0 fully saturated rings. The highest BCUT2D eigenvalue weighted by atomic mass is 127. The zero-order valence-corrected chi connectivity index (χ0v) is 16.8. The van der Waals surface area contributed by atoms with Gasteiger partial charge in [0, 0.05) is 17.6 Å². The molecule has 0 bridgehead atoms. The number of hydrogen-bond acceptors (Lipinski definition) is 4. The van der Waals surface area contributed by atoms with E-state index in [1.807, 2.05) is 12.1 Å². The Morgan fingerprint density at radius 2 is 1.80 bits per heavy atom. The fraction of sp³-hybridized carbons (Fsp3) is 0.182. The summed E-state index contributed by atoms with van der Waals surface area (Å²) < 4.78 is 7.27. The topological polar surface area (TPSA) is 98.5 Å². The number of rotatable bonds is 4. The molecule has 0 radical (unpaired) electrons. The van der Waals surface area contributed by atoms with Crippen molar-refractivity contribution in [3.63, 3.8) is 0 Å². The van der Waals surface area contributed by atoms with E-state index in [-0.39, 0.29) is 19.0 Å². The number of benzene rings is 1. The molecule has 1 aromatic rings. The molecule has 6 nitrogen and oxygen atoms in total. The van der Waals surface area contributed by atoms with E-state index in [4.69, 9.17) is 0 Å². The van der Waals surface area contributed by atoms with Gasteiger partial charge in [0.25, 0.3) is 12.4 Å². The Labute approximate surface area is 157 Å². The van der Waals surface area contributed by atoms with Gasteiger partial charge < -0.3 is 15.8 Å². The summed E-state index contributed by atoms with van der Waals surface area (Å²) in [6.07, 6.45) is 0. The number of primary amides is 1. The molecule has 3 N–H and O–H groups in total. The number of ether oxygens (including phenoxy) is 1. The quantitative estimate of drug-likeness (QED) is 0.401. The van der Waals surface area contributed by atoms with Gasteiger partial charge >= 0.3 is 0 Å². The standard InChI is InChI=1S/C8H6I3NO.C3H5NO3/c1-4(13)12-8-6(10)2-5(9)3-7(8)11;4-3(6)1-7-2-5/h2-3H,1H3,(H,12,13);2H,1H2,(H2,4,6). The molecular formula is C11H11I3N2O4. The Balaban J connectivity index is 0.000000441. The van der Waals surface area contributed by atoms with Crippen molar-refractivity contribution < 1.29 is 19.1 Å². The first-order chi connectivity index (χ1) is 9.27. The van der Waals surface area contributed by atoms with Gasteiger partial charge in [-0.05, 0) is 79.9 Å². The molecule has 9 heteroatoms. The number of hydrogen-bond donors (Lipinski definition) is 2. The Bertz CT molecular complexity index is 485. The molecule has 1 rings (SSSR count). The van der Waals surface area contributed by atoms with Gasteiger partial charge in [-0.25, -0.2) is 0 Å². The van der Waals surface area contributed by atoms with Crippen LogP contribution in [0.25, 0.3) is 0 Å². The van der Waals surface area contributed by atoms with Crippen LogP contribution in [0.4, 0.5) is 5.69 Å². The van der Waals surface area contributed by atoms with Gasteiger partial charge in [0.15, 0.2) is 6.61 Å². The van der Waals surface area contributed by atoms with E-state index in [9.17, 15) is 14.4 Å². The maximum Gasteiger partial charge on any atom is 0.293 e. The Kier molecular flexibility index (Phi) is 10.4. The lowest BCUT2D eigenvalue weighted by atomic mass is 10.3. The fourth-order valence-corrected chi connectivity index (χ4v) is 4.81. The molecule has 0 aliphatic carbocycles. The minimum Gasteiger partial charge on any atom is -0.458 e. The number of anilines is 1. The Morgan fingerprint density at radius 1 is 1.30 bits per heavy atom. The molecule has 0 saturated heterocycles. The van der Waals surface area contributed by atoms with E-state index in [1.54, 1.807) is 0 Å². The minimum absolute atomic E-state index is 0.0305. The molecule has 0 aromatic heterocycles. The van der Waals surface area contributed by atoms with Crippen molar-refractivity contribution in [1.82, 2.24) is 0 Å². The number of amides is 2. The van der Waals surface area contributed by atoms with Crippen molar-refractivity contribution >= 4 is 91.7 Å². The molecular weight excluding hydrogens is 605 g/mol. The van der Waals surface area contributed by atoms with Crippen LogP contribution in [0, 0.1) is 10.7 Å². The number of nitrogens with one attached hydrogen (secondary N) is 1.